The Bertz CT molecular complexity index is 1020. The Morgan fingerprint density at radius 1 is 1.41 bits per heavy atom. The Kier molecular flexibility index (Phi) is 5.84. The van der Waals surface area contributed by atoms with Crippen molar-refractivity contribution in [2.75, 3.05) is 11.1 Å². The average molecular weight is 402 g/mol. The second kappa shape index (κ2) is 8.29. The van der Waals surface area contributed by atoms with Crippen LogP contribution in [0.4, 0.5) is 5.69 Å². The topological polar surface area (TPSA) is 96.7 Å². The van der Waals surface area contributed by atoms with Gasteiger partial charge in [0.15, 0.2) is 11.0 Å². The molecule has 3 aromatic rings. The maximum Gasteiger partial charge on any atom is 0.234 e. The molecule has 0 spiro atoms. The highest BCUT2D eigenvalue weighted by Crippen LogP contribution is 2.27. The van der Waals surface area contributed by atoms with Crippen molar-refractivity contribution in [3.05, 3.63) is 46.9 Å². The van der Waals surface area contributed by atoms with E-state index in [9.17, 15) is 4.79 Å². The van der Waals surface area contributed by atoms with E-state index < -0.39 is 0 Å². The Morgan fingerprint density at radius 2 is 2.22 bits per heavy atom. The van der Waals surface area contributed by atoms with Gasteiger partial charge in [-0.1, -0.05) is 23.4 Å². The third-order valence-corrected chi connectivity index (χ3v) is 5.12. The molecule has 1 N–H and O–H groups in total. The molecule has 1 amide bonds. The first kappa shape index (κ1) is 19.0. The summed E-state index contributed by atoms with van der Waals surface area (Å²) in [4.78, 5) is 12.2. The number of thioether (sulfide) groups is 1. The summed E-state index contributed by atoms with van der Waals surface area (Å²) in [5, 5.41) is 21.0. The molecule has 2 aromatic heterocycles. The van der Waals surface area contributed by atoms with Gasteiger partial charge in [0.1, 0.15) is 11.8 Å². The summed E-state index contributed by atoms with van der Waals surface area (Å²) in [5.74, 6) is 1.45. The second-order valence-electron chi connectivity index (χ2n) is 5.58. The fourth-order valence-corrected chi connectivity index (χ4v) is 3.53. The highest BCUT2D eigenvalue weighted by Gasteiger charge is 2.17. The van der Waals surface area contributed by atoms with Crippen molar-refractivity contribution in [2.24, 2.45) is 0 Å². The molecule has 3 rings (SSSR count). The van der Waals surface area contributed by atoms with Gasteiger partial charge in [-0.05, 0) is 38.1 Å². The summed E-state index contributed by atoms with van der Waals surface area (Å²) in [6, 6.07) is 8.59. The molecule has 9 heteroatoms. The molecule has 0 saturated heterocycles. The Hall–Kier alpha value is -2.76. The molecule has 1 aromatic carbocycles. The third kappa shape index (κ3) is 4.15. The van der Waals surface area contributed by atoms with E-state index in [2.05, 4.69) is 15.5 Å². The predicted molar refractivity (Wildman–Crippen MR) is 104 cm³/mol. The number of carbonyl (C=O) groups excluding carboxylic acids is 1. The number of carbonyl (C=O) groups is 1. The molecule has 0 radical (unpaired) electrons. The average Bonchev–Trinajstić information content (AvgIpc) is 3.25. The molecule has 0 fully saturated rings. The molecule has 27 heavy (non-hydrogen) atoms. The van der Waals surface area contributed by atoms with Crippen LogP contribution in [0, 0.1) is 18.3 Å². The van der Waals surface area contributed by atoms with E-state index in [1.807, 2.05) is 30.6 Å². The highest BCUT2D eigenvalue weighted by atomic mass is 35.5. The van der Waals surface area contributed by atoms with Crippen LogP contribution in [0.2, 0.25) is 5.02 Å². The summed E-state index contributed by atoms with van der Waals surface area (Å²) < 4.78 is 7.27. The van der Waals surface area contributed by atoms with Crippen LogP contribution in [0.3, 0.4) is 0 Å². The second-order valence-corrected chi connectivity index (χ2v) is 6.93. The summed E-state index contributed by atoms with van der Waals surface area (Å²) in [6.45, 7) is 4.53. The number of halogens is 1. The monoisotopic (exact) mass is 401 g/mol. The lowest BCUT2D eigenvalue weighted by atomic mass is 10.2. The lowest BCUT2D eigenvalue weighted by Crippen LogP contribution is -2.14. The van der Waals surface area contributed by atoms with Crippen molar-refractivity contribution < 1.29 is 9.21 Å². The summed E-state index contributed by atoms with van der Waals surface area (Å²) >= 11 is 7.28. The molecular formula is C18H16ClN5O2S. The van der Waals surface area contributed by atoms with E-state index in [1.165, 1.54) is 11.8 Å². The van der Waals surface area contributed by atoms with Crippen molar-refractivity contribution in [1.82, 2.24) is 14.8 Å². The minimum absolute atomic E-state index is 0.167. The number of aryl methyl sites for hydroxylation is 1. The van der Waals surface area contributed by atoms with Crippen LogP contribution in [0.15, 0.2) is 40.1 Å². The van der Waals surface area contributed by atoms with Crippen molar-refractivity contribution in [3.63, 3.8) is 0 Å². The predicted octanol–water partition coefficient (Wildman–Crippen LogP) is 4.12. The van der Waals surface area contributed by atoms with Gasteiger partial charge in [-0.15, -0.1) is 10.2 Å². The number of nitriles is 1. The molecule has 0 aliphatic rings. The summed E-state index contributed by atoms with van der Waals surface area (Å²) in [5.41, 5.74) is 1.78. The van der Waals surface area contributed by atoms with Gasteiger partial charge in [0.05, 0.1) is 28.2 Å². The van der Waals surface area contributed by atoms with Crippen LogP contribution in [-0.4, -0.2) is 26.4 Å². The fraction of sp³-hybridized carbons (Fsp3) is 0.222. The third-order valence-electron chi connectivity index (χ3n) is 3.84. The zero-order valence-electron chi connectivity index (χ0n) is 14.7. The van der Waals surface area contributed by atoms with Gasteiger partial charge in [0, 0.05) is 12.2 Å². The smallest absolute Gasteiger partial charge is 0.234 e. The SMILES string of the molecule is CCn1c(SCC(=O)Nc2ccc(C#N)c(Cl)c2)nnc1-c1ccoc1C. The number of rotatable bonds is 6. The van der Waals surface area contributed by atoms with E-state index in [-0.39, 0.29) is 11.7 Å². The molecule has 138 valence electrons. The van der Waals surface area contributed by atoms with E-state index in [4.69, 9.17) is 21.3 Å². The number of hydrogen-bond acceptors (Lipinski definition) is 6. The molecule has 0 saturated carbocycles. The van der Waals surface area contributed by atoms with Crippen LogP contribution in [0.1, 0.15) is 18.2 Å². The number of anilines is 1. The Balaban J connectivity index is 1.67. The van der Waals surface area contributed by atoms with Gasteiger partial charge in [-0.3, -0.25) is 4.79 Å². The number of aromatic nitrogens is 3. The number of hydrogen-bond donors (Lipinski definition) is 1. The first-order chi connectivity index (χ1) is 13.0. The molecule has 0 aliphatic heterocycles. The number of furan rings is 1. The van der Waals surface area contributed by atoms with Crippen LogP contribution in [0.25, 0.3) is 11.4 Å². The first-order valence-electron chi connectivity index (χ1n) is 8.13. The number of nitrogens with one attached hydrogen (secondary N) is 1. The van der Waals surface area contributed by atoms with E-state index in [0.717, 1.165) is 11.3 Å². The van der Waals surface area contributed by atoms with Crippen LogP contribution in [-0.2, 0) is 11.3 Å². The Morgan fingerprint density at radius 3 is 2.85 bits per heavy atom. The van der Waals surface area contributed by atoms with E-state index in [0.29, 0.717) is 33.8 Å². The number of amides is 1. The van der Waals surface area contributed by atoms with E-state index >= 15 is 0 Å². The van der Waals surface area contributed by atoms with Crippen molar-refractivity contribution in [1.29, 1.82) is 5.26 Å². The summed E-state index contributed by atoms with van der Waals surface area (Å²) in [7, 11) is 0. The minimum Gasteiger partial charge on any atom is -0.469 e. The zero-order valence-corrected chi connectivity index (χ0v) is 16.3. The molecular weight excluding hydrogens is 386 g/mol. The largest absolute Gasteiger partial charge is 0.469 e. The van der Waals surface area contributed by atoms with E-state index in [1.54, 1.807) is 24.5 Å². The number of nitrogens with zero attached hydrogens (tertiary/aromatic N) is 4. The van der Waals surface area contributed by atoms with Gasteiger partial charge in [0.2, 0.25) is 5.91 Å². The summed E-state index contributed by atoms with van der Waals surface area (Å²) in [6.07, 6.45) is 1.61. The molecule has 0 bridgehead atoms. The maximum absolute atomic E-state index is 12.2. The molecule has 0 aliphatic carbocycles. The van der Waals surface area contributed by atoms with Crippen molar-refractivity contribution in [3.8, 4) is 17.5 Å². The van der Waals surface area contributed by atoms with Gasteiger partial charge in [0.25, 0.3) is 0 Å². The van der Waals surface area contributed by atoms with Crippen LogP contribution < -0.4 is 5.32 Å². The first-order valence-corrected chi connectivity index (χ1v) is 9.49. The van der Waals surface area contributed by atoms with Gasteiger partial charge >= 0.3 is 0 Å². The molecule has 2 heterocycles. The standard InChI is InChI=1S/C18H16ClN5O2S/c1-3-24-17(14-6-7-26-11(14)2)22-23-18(24)27-10-16(25)21-13-5-4-12(9-20)15(19)8-13/h4-8H,3,10H2,1-2H3,(H,21,25). The van der Waals surface area contributed by atoms with Crippen molar-refractivity contribution >= 4 is 35.0 Å². The number of benzene rings is 1. The van der Waals surface area contributed by atoms with Crippen molar-refractivity contribution in [2.45, 2.75) is 25.5 Å². The maximum atomic E-state index is 12.2. The fourth-order valence-electron chi connectivity index (χ4n) is 2.51. The molecule has 0 atom stereocenters. The van der Waals surface area contributed by atoms with Crippen LogP contribution >= 0.6 is 23.4 Å². The minimum atomic E-state index is -0.201. The van der Waals surface area contributed by atoms with Gasteiger partial charge in [-0.2, -0.15) is 5.26 Å². The molecule has 7 nitrogen and oxygen atoms in total. The van der Waals surface area contributed by atoms with Gasteiger partial charge < -0.3 is 14.3 Å². The zero-order chi connectivity index (χ0) is 19.4. The molecule has 0 unspecified atom stereocenters. The Labute approximate surface area is 165 Å². The van der Waals surface area contributed by atoms with Gasteiger partial charge in [-0.25, -0.2) is 0 Å². The quantitative estimate of drug-likeness (QED) is 0.624. The normalized spacial score (nSPS) is 10.6. The highest BCUT2D eigenvalue weighted by molar-refractivity contribution is 7.99. The lowest BCUT2D eigenvalue weighted by molar-refractivity contribution is -0.113. The van der Waals surface area contributed by atoms with Crippen LogP contribution in [0.5, 0.6) is 0 Å². The lowest BCUT2D eigenvalue weighted by Gasteiger charge is -2.08.